The number of rotatable bonds is 4. The Labute approximate surface area is 144 Å². The minimum atomic E-state index is -0.110. The number of thiazole rings is 1. The number of carbonyl (C=O) groups excluding carboxylic acids is 1. The summed E-state index contributed by atoms with van der Waals surface area (Å²) >= 11 is 1.60. The van der Waals surface area contributed by atoms with Crippen molar-refractivity contribution in [2.24, 2.45) is 0 Å². The summed E-state index contributed by atoms with van der Waals surface area (Å²) in [4.78, 5) is 17.9. The molecule has 2 aromatic carbocycles. The Morgan fingerprint density at radius 1 is 1.12 bits per heavy atom. The number of carbonyl (C=O) groups is 1. The number of phenols is 1. The van der Waals surface area contributed by atoms with Gasteiger partial charge in [0.25, 0.3) is 5.91 Å². The monoisotopic (exact) mass is 338 g/mol. The first-order valence-corrected chi connectivity index (χ1v) is 8.45. The topological polar surface area (TPSA) is 62.2 Å². The number of amides is 1. The zero-order chi connectivity index (χ0) is 17.1. The third-order valence-corrected chi connectivity index (χ3v) is 4.81. The Morgan fingerprint density at radius 3 is 2.54 bits per heavy atom. The molecular weight excluding hydrogens is 320 g/mol. The van der Waals surface area contributed by atoms with Crippen molar-refractivity contribution in [2.45, 2.75) is 20.4 Å². The van der Waals surface area contributed by atoms with E-state index in [0.717, 1.165) is 26.7 Å². The lowest BCUT2D eigenvalue weighted by atomic mass is 10.0. The number of hydrogen-bond donors (Lipinski definition) is 2. The van der Waals surface area contributed by atoms with Gasteiger partial charge in [-0.1, -0.05) is 24.3 Å². The predicted molar refractivity (Wildman–Crippen MR) is 96.3 cm³/mol. The van der Waals surface area contributed by atoms with Crippen LogP contribution in [0.1, 0.15) is 25.9 Å². The zero-order valence-corrected chi connectivity index (χ0v) is 14.4. The van der Waals surface area contributed by atoms with Gasteiger partial charge in [0.1, 0.15) is 5.75 Å². The van der Waals surface area contributed by atoms with Crippen molar-refractivity contribution < 1.29 is 9.90 Å². The van der Waals surface area contributed by atoms with E-state index in [1.165, 1.54) is 0 Å². The quantitative estimate of drug-likeness (QED) is 0.754. The predicted octanol–water partition coefficient (Wildman–Crippen LogP) is 4.06. The summed E-state index contributed by atoms with van der Waals surface area (Å²) in [6.45, 7) is 4.40. The summed E-state index contributed by atoms with van der Waals surface area (Å²) < 4.78 is 0. The maximum Gasteiger partial charge on any atom is 0.251 e. The van der Waals surface area contributed by atoms with E-state index in [9.17, 15) is 9.90 Å². The van der Waals surface area contributed by atoms with Crippen molar-refractivity contribution in [3.8, 4) is 16.9 Å². The normalized spacial score (nSPS) is 10.6. The van der Waals surface area contributed by atoms with Crippen molar-refractivity contribution >= 4 is 17.2 Å². The largest absolute Gasteiger partial charge is 0.508 e. The van der Waals surface area contributed by atoms with Gasteiger partial charge in [-0.3, -0.25) is 4.79 Å². The number of benzene rings is 2. The summed E-state index contributed by atoms with van der Waals surface area (Å²) in [6.07, 6.45) is 0. The Bertz CT molecular complexity index is 869. The number of aromatic nitrogens is 1. The molecule has 2 N–H and O–H groups in total. The van der Waals surface area contributed by atoms with Gasteiger partial charge in [0, 0.05) is 10.4 Å². The summed E-state index contributed by atoms with van der Waals surface area (Å²) in [5.74, 6) is 0.115. The summed E-state index contributed by atoms with van der Waals surface area (Å²) in [5.41, 5.74) is 3.47. The molecule has 24 heavy (non-hydrogen) atoms. The highest BCUT2D eigenvalue weighted by atomic mass is 32.1. The molecule has 0 atom stereocenters. The molecule has 0 saturated heterocycles. The van der Waals surface area contributed by atoms with E-state index in [1.807, 2.05) is 44.2 Å². The summed E-state index contributed by atoms with van der Waals surface area (Å²) in [5, 5.41) is 13.3. The number of phenolic OH excluding ortho intramolecular Hbond substituents is 1. The lowest BCUT2D eigenvalue weighted by molar-refractivity contribution is 0.0951. The third-order valence-electron chi connectivity index (χ3n) is 3.73. The van der Waals surface area contributed by atoms with E-state index in [0.29, 0.717) is 12.1 Å². The maximum absolute atomic E-state index is 12.4. The molecule has 0 bridgehead atoms. The fraction of sp³-hybridized carbons (Fsp3) is 0.158. The summed E-state index contributed by atoms with van der Waals surface area (Å²) in [7, 11) is 0. The number of aromatic hydroxyl groups is 1. The van der Waals surface area contributed by atoms with E-state index in [1.54, 1.807) is 29.5 Å². The van der Waals surface area contributed by atoms with Crippen LogP contribution in [0.2, 0.25) is 0 Å². The zero-order valence-electron chi connectivity index (χ0n) is 13.5. The van der Waals surface area contributed by atoms with E-state index in [4.69, 9.17) is 0 Å². The molecule has 0 saturated carbocycles. The number of nitrogens with one attached hydrogen (secondary N) is 1. The summed E-state index contributed by atoms with van der Waals surface area (Å²) in [6, 6.07) is 14.4. The molecule has 1 aromatic heterocycles. The smallest absolute Gasteiger partial charge is 0.251 e. The first-order valence-electron chi connectivity index (χ1n) is 7.63. The minimum absolute atomic E-state index is 0.110. The highest BCUT2D eigenvalue weighted by Gasteiger charge is 2.10. The van der Waals surface area contributed by atoms with Crippen LogP contribution in [0.15, 0.2) is 48.5 Å². The van der Waals surface area contributed by atoms with Crippen molar-refractivity contribution in [2.75, 3.05) is 0 Å². The Balaban J connectivity index is 1.74. The molecule has 0 unspecified atom stereocenters. The molecule has 1 amide bonds. The minimum Gasteiger partial charge on any atom is -0.508 e. The van der Waals surface area contributed by atoms with E-state index in [-0.39, 0.29) is 11.7 Å². The van der Waals surface area contributed by atoms with E-state index in [2.05, 4.69) is 10.3 Å². The van der Waals surface area contributed by atoms with Crippen LogP contribution in [-0.2, 0) is 6.54 Å². The Kier molecular flexibility index (Phi) is 4.62. The maximum atomic E-state index is 12.4. The Morgan fingerprint density at radius 2 is 1.88 bits per heavy atom. The number of nitrogens with zero attached hydrogens (tertiary/aromatic N) is 1. The van der Waals surface area contributed by atoms with Gasteiger partial charge in [-0.05, 0) is 49.2 Å². The van der Waals surface area contributed by atoms with Crippen LogP contribution in [0, 0.1) is 13.8 Å². The highest BCUT2D eigenvalue weighted by Crippen LogP contribution is 2.23. The second-order valence-electron chi connectivity index (χ2n) is 5.55. The molecule has 0 spiro atoms. The average molecular weight is 338 g/mol. The van der Waals surface area contributed by atoms with Gasteiger partial charge >= 0.3 is 0 Å². The molecule has 0 radical (unpaired) electrons. The van der Waals surface area contributed by atoms with E-state index < -0.39 is 0 Å². The van der Waals surface area contributed by atoms with Gasteiger partial charge in [-0.2, -0.15) is 0 Å². The van der Waals surface area contributed by atoms with Gasteiger partial charge in [-0.15, -0.1) is 11.3 Å². The fourth-order valence-corrected chi connectivity index (χ4v) is 3.37. The van der Waals surface area contributed by atoms with Crippen LogP contribution in [0.5, 0.6) is 5.75 Å². The molecule has 3 rings (SSSR count). The molecule has 1 heterocycles. The average Bonchev–Trinajstić information content (AvgIpc) is 2.91. The van der Waals surface area contributed by atoms with Gasteiger partial charge in [-0.25, -0.2) is 4.98 Å². The molecule has 122 valence electrons. The second-order valence-corrected chi connectivity index (χ2v) is 6.84. The van der Waals surface area contributed by atoms with Gasteiger partial charge in [0.15, 0.2) is 0 Å². The highest BCUT2D eigenvalue weighted by molar-refractivity contribution is 7.11. The van der Waals surface area contributed by atoms with Crippen LogP contribution >= 0.6 is 11.3 Å². The van der Waals surface area contributed by atoms with Crippen LogP contribution in [0.3, 0.4) is 0 Å². The number of aryl methyl sites for hydroxylation is 2. The van der Waals surface area contributed by atoms with Gasteiger partial charge in [0.05, 0.1) is 17.2 Å². The van der Waals surface area contributed by atoms with Crippen molar-refractivity contribution in [1.29, 1.82) is 0 Å². The standard InChI is InChI=1S/C19H18N2O2S/c1-12-18(24-13(2)21-12)11-20-19(23)16-5-3-4-15(10-16)14-6-8-17(22)9-7-14/h3-10,22H,11H2,1-2H3,(H,20,23). The van der Waals surface area contributed by atoms with E-state index >= 15 is 0 Å². The fourth-order valence-electron chi connectivity index (χ4n) is 2.49. The van der Waals surface area contributed by atoms with Crippen molar-refractivity contribution in [3.05, 3.63) is 69.7 Å². The first-order chi connectivity index (χ1) is 11.5. The molecule has 0 aliphatic rings. The molecule has 3 aromatic rings. The van der Waals surface area contributed by atoms with Crippen LogP contribution in [0.4, 0.5) is 0 Å². The molecule has 0 aliphatic carbocycles. The lowest BCUT2D eigenvalue weighted by Crippen LogP contribution is -2.22. The van der Waals surface area contributed by atoms with Crippen LogP contribution < -0.4 is 5.32 Å². The lowest BCUT2D eigenvalue weighted by Gasteiger charge is -2.07. The molecule has 0 aliphatic heterocycles. The molecule has 5 heteroatoms. The number of hydrogen-bond acceptors (Lipinski definition) is 4. The van der Waals surface area contributed by atoms with Gasteiger partial charge < -0.3 is 10.4 Å². The van der Waals surface area contributed by atoms with Crippen LogP contribution in [0.25, 0.3) is 11.1 Å². The second kappa shape index (κ2) is 6.84. The van der Waals surface area contributed by atoms with Crippen LogP contribution in [-0.4, -0.2) is 16.0 Å². The van der Waals surface area contributed by atoms with Gasteiger partial charge in [0.2, 0.25) is 0 Å². The first kappa shape index (κ1) is 16.2. The molecule has 4 nitrogen and oxygen atoms in total. The van der Waals surface area contributed by atoms with Crippen molar-refractivity contribution in [3.63, 3.8) is 0 Å². The van der Waals surface area contributed by atoms with Crippen molar-refractivity contribution in [1.82, 2.24) is 10.3 Å². The molecule has 0 fully saturated rings. The Hall–Kier alpha value is -2.66. The SMILES string of the molecule is Cc1nc(C)c(CNC(=O)c2cccc(-c3ccc(O)cc3)c2)s1. The molecular formula is C19H18N2O2S. The third kappa shape index (κ3) is 3.63.